The Balaban J connectivity index is 2.32. The zero-order valence-corrected chi connectivity index (χ0v) is 7.22. The lowest BCUT2D eigenvalue weighted by Gasteiger charge is -2.27. The maximum absolute atomic E-state index is 3.37. The molecule has 0 saturated carbocycles. The van der Waals surface area contributed by atoms with E-state index in [4.69, 9.17) is 0 Å². The van der Waals surface area contributed by atoms with Crippen LogP contribution in [0, 0.1) is 0 Å². The first-order valence-corrected chi connectivity index (χ1v) is 4.14. The summed E-state index contributed by atoms with van der Waals surface area (Å²) >= 11 is 0. The van der Waals surface area contributed by atoms with Crippen LogP contribution in [0.5, 0.6) is 0 Å². The van der Waals surface area contributed by atoms with Crippen molar-refractivity contribution in [3.63, 3.8) is 0 Å². The van der Waals surface area contributed by atoms with Crippen LogP contribution in [0.1, 0.15) is 20.3 Å². The molecule has 0 aromatic carbocycles. The highest BCUT2D eigenvalue weighted by molar-refractivity contribution is 4.79. The van der Waals surface area contributed by atoms with Gasteiger partial charge in [-0.1, -0.05) is 0 Å². The third kappa shape index (κ3) is 1.70. The predicted molar refractivity (Wildman–Crippen MR) is 44.2 cm³/mol. The highest BCUT2D eigenvalue weighted by Gasteiger charge is 2.20. The third-order valence-corrected chi connectivity index (χ3v) is 2.42. The van der Waals surface area contributed by atoms with E-state index >= 15 is 0 Å². The molecule has 1 fully saturated rings. The molecule has 0 spiro atoms. The highest BCUT2D eigenvalue weighted by atomic mass is 15.2. The molecule has 1 N–H and O–H groups in total. The van der Waals surface area contributed by atoms with Crippen LogP contribution >= 0.6 is 0 Å². The van der Waals surface area contributed by atoms with Gasteiger partial charge in [0.1, 0.15) is 0 Å². The van der Waals surface area contributed by atoms with Gasteiger partial charge in [-0.05, 0) is 33.9 Å². The molecule has 10 heavy (non-hydrogen) atoms. The molecular formula is C8H18N2. The summed E-state index contributed by atoms with van der Waals surface area (Å²) in [6.07, 6.45) is 1.31. The van der Waals surface area contributed by atoms with Crippen molar-refractivity contribution in [2.24, 2.45) is 0 Å². The molecule has 1 saturated heterocycles. The van der Waals surface area contributed by atoms with Crippen molar-refractivity contribution in [1.29, 1.82) is 0 Å². The van der Waals surface area contributed by atoms with Crippen LogP contribution in [-0.4, -0.2) is 37.1 Å². The molecule has 1 atom stereocenters. The van der Waals surface area contributed by atoms with Crippen LogP contribution in [-0.2, 0) is 0 Å². The molecule has 0 aliphatic carbocycles. The van der Waals surface area contributed by atoms with E-state index in [0.717, 1.165) is 6.04 Å². The van der Waals surface area contributed by atoms with Crippen LogP contribution in [0.25, 0.3) is 0 Å². The van der Waals surface area contributed by atoms with Crippen molar-refractivity contribution >= 4 is 0 Å². The lowest BCUT2D eigenvalue weighted by atomic mass is 10.2. The van der Waals surface area contributed by atoms with E-state index in [1.807, 2.05) is 0 Å². The minimum absolute atomic E-state index is 0.685. The number of nitrogens with zero attached hydrogens (tertiary/aromatic N) is 1. The molecule has 1 unspecified atom stereocenters. The highest BCUT2D eigenvalue weighted by Crippen LogP contribution is 2.08. The quantitative estimate of drug-likeness (QED) is 0.610. The second-order valence-corrected chi connectivity index (χ2v) is 3.41. The van der Waals surface area contributed by atoms with Crippen LogP contribution in [0.2, 0.25) is 0 Å². The lowest BCUT2D eigenvalue weighted by Crippen LogP contribution is -2.38. The van der Waals surface area contributed by atoms with Crippen LogP contribution < -0.4 is 5.32 Å². The van der Waals surface area contributed by atoms with Gasteiger partial charge in [0.15, 0.2) is 0 Å². The van der Waals surface area contributed by atoms with E-state index < -0.39 is 0 Å². The molecule has 1 rings (SSSR count). The molecule has 0 amide bonds. The third-order valence-electron chi connectivity index (χ3n) is 2.42. The Kier molecular flexibility index (Phi) is 2.69. The fourth-order valence-corrected chi connectivity index (χ4v) is 1.41. The Hall–Kier alpha value is -0.0800. The largest absolute Gasteiger partial charge is 0.315 e. The summed E-state index contributed by atoms with van der Waals surface area (Å²) in [5.74, 6) is 0. The molecule has 60 valence electrons. The monoisotopic (exact) mass is 142 g/mol. The Labute approximate surface area is 63.6 Å². The van der Waals surface area contributed by atoms with E-state index in [2.05, 4.69) is 31.1 Å². The van der Waals surface area contributed by atoms with E-state index in [9.17, 15) is 0 Å². The second-order valence-electron chi connectivity index (χ2n) is 3.41. The summed E-state index contributed by atoms with van der Waals surface area (Å²) in [6, 6.07) is 1.46. The Bertz CT molecular complexity index is 95.4. The van der Waals surface area contributed by atoms with E-state index in [-0.39, 0.29) is 0 Å². The Morgan fingerprint density at radius 1 is 1.50 bits per heavy atom. The maximum atomic E-state index is 3.37. The minimum Gasteiger partial charge on any atom is -0.315 e. The fraction of sp³-hybridized carbons (Fsp3) is 1.00. The van der Waals surface area contributed by atoms with Crippen LogP contribution in [0.4, 0.5) is 0 Å². The number of rotatable bonds is 2. The molecule has 0 aromatic rings. The summed E-state index contributed by atoms with van der Waals surface area (Å²) in [7, 11) is 2.21. The summed E-state index contributed by atoms with van der Waals surface area (Å²) in [6.45, 7) is 6.87. The number of hydrogen-bond donors (Lipinski definition) is 1. The van der Waals surface area contributed by atoms with Gasteiger partial charge in [-0.25, -0.2) is 0 Å². The molecular weight excluding hydrogens is 124 g/mol. The van der Waals surface area contributed by atoms with Gasteiger partial charge in [-0.2, -0.15) is 0 Å². The first-order chi connectivity index (χ1) is 4.72. The minimum atomic E-state index is 0.685. The molecule has 1 heterocycles. The number of hydrogen-bond acceptors (Lipinski definition) is 2. The Morgan fingerprint density at radius 3 is 2.60 bits per heavy atom. The topological polar surface area (TPSA) is 15.3 Å². The van der Waals surface area contributed by atoms with Gasteiger partial charge in [0.05, 0.1) is 0 Å². The van der Waals surface area contributed by atoms with E-state index in [0.29, 0.717) is 6.04 Å². The SMILES string of the molecule is CC(C)N(C)C1CCNC1. The van der Waals surface area contributed by atoms with Crippen molar-refractivity contribution < 1.29 is 0 Å². The molecule has 0 aromatic heterocycles. The van der Waals surface area contributed by atoms with Crippen molar-refractivity contribution in [2.75, 3.05) is 20.1 Å². The van der Waals surface area contributed by atoms with Crippen molar-refractivity contribution in [2.45, 2.75) is 32.4 Å². The standard InChI is InChI=1S/C8H18N2/c1-7(2)10(3)8-4-5-9-6-8/h7-9H,4-6H2,1-3H3. The number of likely N-dealkylation sites (N-methyl/N-ethyl adjacent to an activating group) is 1. The summed E-state index contributed by atoms with van der Waals surface area (Å²) in [5.41, 5.74) is 0. The number of nitrogens with one attached hydrogen (secondary N) is 1. The van der Waals surface area contributed by atoms with E-state index in [1.54, 1.807) is 0 Å². The maximum Gasteiger partial charge on any atom is 0.0232 e. The molecule has 1 aliphatic heterocycles. The van der Waals surface area contributed by atoms with Crippen molar-refractivity contribution in [3.05, 3.63) is 0 Å². The van der Waals surface area contributed by atoms with Gasteiger partial charge in [-0.15, -0.1) is 0 Å². The summed E-state index contributed by atoms with van der Waals surface area (Å²) in [4.78, 5) is 2.44. The van der Waals surface area contributed by atoms with Crippen molar-refractivity contribution in [1.82, 2.24) is 10.2 Å². The Morgan fingerprint density at radius 2 is 2.20 bits per heavy atom. The van der Waals surface area contributed by atoms with E-state index in [1.165, 1.54) is 19.5 Å². The summed E-state index contributed by atoms with van der Waals surface area (Å²) in [5, 5.41) is 3.37. The average molecular weight is 142 g/mol. The van der Waals surface area contributed by atoms with Crippen LogP contribution in [0.3, 0.4) is 0 Å². The summed E-state index contributed by atoms with van der Waals surface area (Å²) < 4.78 is 0. The van der Waals surface area contributed by atoms with Gasteiger partial charge >= 0.3 is 0 Å². The second kappa shape index (κ2) is 3.35. The normalized spacial score (nSPS) is 26.7. The van der Waals surface area contributed by atoms with Gasteiger partial charge in [0.25, 0.3) is 0 Å². The van der Waals surface area contributed by atoms with Gasteiger partial charge in [0.2, 0.25) is 0 Å². The molecule has 1 aliphatic rings. The first-order valence-electron chi connectivity index (χ1n) is 4.14. The fourth-order valence-electron chi connectivity index (χ4n) is 1.41. The zero-order valence-electron chi connectivity index (χ0n) is 7.22. The van der Waals surface area contributed by atoms with Gasteiger partial charge in [-0.3, -0.25) is 4.90 Å². The van der Waals surface area contributed by atoms with Crippen molar-refractivity contribution in [3.8, 4) is 0 Å². The smallest absolute Gasteiger partial charge is 0.0232 e. The van der Waals surface area contributed by atoms with Gasteiger partial charge < -0.3 is 5.32 Å². The average Bonchev–Trinajstić information content (AvgIpc) is 2.36. The van der Waals surface area contributed by atoms with Gasteiger partial charge in [0, 0.05) is 18.6 Å². The molecule has 0 radical (unpaired) electrons. The molecule has 2 nitrogen and oxygen atoms in total. The predicted octanol–water partition coefficient (Wildman–Crippen LogP) is 0.689. The molecule has 2 heteroatoms. The first kappa shape index (κ1) is 8.02. The zero-order chi connectivity index (χ0) is 7.56. The lowest BCUT2D eigenvalue weighted by molar-refractivity contribution is 0.208. The van der Waals surface area contributed by atoms with Crippen LogP contribution in [0.15, 0.2) is 0 Å². The molecule has 0 bridgehead atoms.